The minimum absolute atomic E-state index is 0.00446. The smallest absolute Gasteiger partial charge is 0.285 e. The van der Waals surface area contributed by atoms with Crippen LogP contribution in [0, 0.1) is 0 Å². The summed E-state index contributed by atoms with van der Waals surface area (Å²) in [6.07, 6.45) is -4.65. The Morgan fingerprint density at radius 3 is 1.87 bits per heavy atom. The molecular weight excluding hydrogens is 596 g/mol. The maximum absolute atomic E-state index is 14.2. The van der Waals surface area contributed by atoms with Crippen LogP contribution in [0.5, 0.6) is 23.0 Å². The fourth-order valence-electron chi connectivity index (χ4n) is 7.55. The van der Waals surface area contributed by atoms with Gasteiger partial charge >= 0.3 is 0 Å². The first-order valence-electron chi connectivity index (χ1n) is 15.0. The second kappa shape index (κ2) is 11.3. The summed E-state index contributed by atoms with van der Waals surface area (Å²) in [4.78, 5) is 14.2. The summed E-state index contributed by atoms with van der Waals surface area (Å²) in [5.41, 5.74) is 0.236. The summed E-state index contributed by atoms with van der Waals surface area (Å²) in [6, 6.07) is 18.9. The quantitative estimate of drug-likeness (QED) is 0.388. The summed E-state index contributed by atoms with van der Waals surface area (Å²) in [7, 11) is 7.05. The van der Waals surface area contributed by atoms with E-state index >= 15 is 0 Å². The molecule has 11 nitrogen and oxygen atoms in total. The van der Waals surface area contributed by atoms with Crippen LogP contribution in [0.3, 0.4) is 0 Å². The number of fused-ring (bicyclic) bond motifs is 6. The van der Waals surface area contributed by atoms with Crippen molar-refractivity contribution in [3.05, 3.63) is 94.2 Å². The zero-order chi connectivity index (χ0) is 32.4. The predicted octanol–water partition coefficient (Wildman–Crippen LogP) is 4.21. The first-order valence-corrected chi connectivity index (χ1v) is 15.0. The Morgan fingerprint density at radius 1 is 0.739 bits per heavy atom. The van der Waals surface area contributed by atoms with Crippen molar-refractivity contribution in [3.8, 4) is 23.0 Å². The van der Waals surface area contributed by atoms with Crippen molar-refractivity contribution < 1.29 is 52.9 Å². The summed E-state index contributed by atoms with van der Waals surface area (Å²) < 4.78 is 50.3. The molecule has 3 aliphatic heterocycles. The molecule has 0 amide bonds. The average Bonchev–Trinajstić information content (AvgIpc) is 3.39. The van der Waals surface area contributed by atoms with Gasteiger partial charge in [-0.15, -0.1) is 0 Å². The SMILES string of the molecule is COc1c2c(c3c(c1OC)C1(OC)C4=C(C(=O)C(OC)C1(OC)O3)C(O)CC(c1ccccc1)O4)C(O)CC(c1ccccc1)O2. The molecule has 0 aromatic heterocycles. The number of benzene rings is 3. The highest BCUT2D eigenvalue weighted by Gasteiger charge is 2.77. The number of Topliss-reactive ketones (excluding diaryl/α,β-unsaturated/α-hetero) is 1. The number of aliphatic hydroxyl groups is 2. The van der Waals surface area contributed by atoms with Crippen LogP contribution >= 0.6 is 0 Å². The Morgan fingerprint density at radius 2 is 1.33 bits per heavy atom. The number of carbonyl (C=O) groups excluding carboxylic acids is 1. The number of hydrogen-bond donors (Lipinski definition) is 2. The molecule has 2 N–H and O–H groups in total. The molecule has 7 unspecified atom stereocenters. The lowest BCUT2D eigenvalue weighted by Crippen LogP contribution is -2.69. The van der Waals surface area contributed by atoms with Crippen LogP contribution in [-0.4, -0.2) is 69.5 Å². The molecule has 0 bridgehead atoms. The van der Waals surface area contributed by atoms with Gasteiger partial charge in [-0.1, -0.05) is 60.7 Å². The fourth-order valence-corrected chi connectivity index (χ4v) is 7.55. The molecule has 0 radical (unpaired) electrons. The molecule has 1 aliphatic carbocycles. The maximum atomic E-state index is 14.2. The van der Waals surface area contributed by atoms with Crippen molar-refractivity contribution in [1.29, 1.82) is 0 Å². The van der Waals surface area contributed by atoms with Gasteiger partial charge in [0.2, 0.25) is 17.1 Å². The van der Waals surface area contributed by atoms with Crippen LogP contribution in [0.2, 0.25) is 0 Å². The van der Waals surface area contributed by atoms with Crippen molar-refractivity contribution in [2.24, 2.45) is 0 Å². The first kappa shape index (κ1) is 30.5. The molecule has 3 heterocycles. The zero-order valence-corrected chi connectivity index (χ0v) is 26.1. The van der Waals surface area contributed by atoms with Gasteiger partial charge in [-0.2, -0.15) is 0 Å². The molecule has 7 atom stereocenters. The summed E-state index contributed by atoms with van der Waals surface area (Å²) >= 11 is 0. The van der Waals surface area contributed by atoms with E-state index in [1.54, 1.807) is 0 Å². The minimum Gasteiger partial charge on any atom is -0.492 e. The van der Waals surface area contributed by atoms with E-state index in [0.717, 1.165) is 11.1 Å². The van der Waals surface area contributed by atoms with Crippen LogP contribution in [0.1, 0.15) is 53.4 Å². The number of carbonyl (C=O) groups is 1. The molecule has 242 valence electrons. The molecule has 3 aromatic rings. The molecule has 0 saturated heterocycles. The first-order chi connectivity index (χ1) is 22.3. The van der Waals surface area contributed by atoms with E-state index in [0.29, 0.717) is 0 Å². The molecule has 0 saturated carbocycles. The van der Waals surface area contributed by atoms with Crippen molar-refractivity contribution >= 4 is 5.78 Å². The van der Waals surface area contributed by atoms with Crippen molar-refractivity contribution in [1.82, 2.24) is 0 Å². The lowest BCUT2D eigenvalue weighted by atomic mass is 9.70. The van der Waals surface area contributed by atoms with Crippen LogP contribution < -0.4 is 18.9 Å². The van der Waals surface area contributed by atoms with Crippen LogP contribution in [0.15, 0.2) is 72.0 Å². The van der Waals surface area contributed by atoms with Crippen LogP contribution in [0.4, 0.5) is 0 Å². The lowest BCUT2D eigenvalue weighted by molar-refractivity contribution is -0.310. The Labute approximate surface area is 266 Å². The Bertz CT molecular complexity index is 1690. The number of methoxy groups -OCH3 is 5. The zero-order valence-electron chi connectivity index (χ0n) is 26.1. The van der Waals surface area contributed by atoms with Gasteiger partial charge in [0.15, 0.2) is 23.4 Å². The maximum Gasteiger partial charge on any atom is 0.285 e. The van der Waals surface area contributed by atoms with Gasteiger partial charge in [-0.25, -0.2) is 0 Å². The van der Waals surface area contributed by atoms with Crippen molar-refractivity contribution in [2.45, 2.75) is 54.7 Å². The standard InChI is InChI=1S/C35H36O11/c1-39-30-26-28(25-21(37)17-22(18-12-8-6-9-13-18)44-29(25)31(30)40-2)46-35(43-5)33(41-3)27(38)24-20(36)16-23(19-14-10-7-11-15-19)45-32(24)34(26,35)42-4/h6-15,20-23,33,36-37H,16-17H2,1-5H3. The molecule has 4 aliphatic rings. The van der Waals surface area contributed by atoms with Gasteiger partial charge in [0.25, 0.3) is 5.79 Å². The van der Waals surface area contributed by atoms with Gasteiger partial charge in [-0.3, -0.25) is 4.79 Å². The van der Waals surface area contributed by atoms with Crippen LogP contribution in [-0.2, 0) is 29.3 Å². The molecule has 46 heavy (non-hydrogen) atoms. The number of ether oxygens (including phenoxy) is 8. The minimum atomic E-state index is -2.03. The van der Waals surface area contributed by atoms with Crippen LogP contribution in [0.25, 0.3) is 0 Å². The van der Waals surface area contributed by atoms with Crippen molar-refractivity contribution in [2.75, 3.05) is 35.5 Å². The summed E-state index contributed by atoms with van der Waals surface area (Å²) in [5, 5.41) is 23.4. The van der Waals surface area contributed by atoms with E-state index in [-0.39, 0.29) is 58.3 Å². The van der Waals surface area contributed by atoms with Gasteiger partial charge in [0.1, 0.15) is 18.0 Å². The number of hydrogen-bond acceptors (Lipinski definition) is 11. The summed E-state index contributed by atoms with van der Waals surface area (Å²) in [5.74, 6) is -1.98. The molecule has 0 spiro atoms. The highest BCUT2D eigenvalue weighted by Crippen LogP contribution is 2.69. The molecule has 3 aromatic carbocycles. The van der Waals surface area contributed by atoms with Gasteiger partial charge < -0.3 is 48.1 Å². The number of rotatable bonds is 7. The second-order valence-corrected chi connectivity index (χ2v) is 11.6. The molecule has 0 fully saturated rings. The highest BCUT2D eigenvalue weighted by atomic mass is 16.8. The lowest BCUT2D eigenvalue weighted by Gasteiger charge is -2.51. The van der Waals surface area contributed by atoms with Gasteiger partial charge in [0.05, 0.1) is 43.1 Å². The Hall–Kier alpha value is -4.13. The van der Waals surface area contributed by atoms with E-state index in [1.807, 2.05) is 60.7 Å². The Balaban J connectivity index is 1.52. The van der Waals surface area contributed by atoms with E-state index in [9.17, 15) is 15.0 Å². The average molecular weight is 633 g/mol. The van der Waals surface area contributed by atoms with Gasteiger partial charge in [-0.05, 0) is 11.1 Å². The molecule has 7 rings (SSSR count). The number of ketones is 1. The molecule has 11 heteroatoms. The third kappa shape index (κ3) is 3.93. The van der Waals surface area contributed by atoms with E-state index in [1.165, 1.54) is 35.5 Å². The fraction of sp³-hybridized carbons (Fsp3) is 0.400. The normalized spacial score (nSPS) is 31.0. The predicted molar refractivity (Wildman–Crippen MR) is 162 cm³/mol. The Kier molecular flexibility index (Phi) is 7.49. The monoisotopic (exact) mass is 632 g/mol. The number of aliphatic hydroxyl groups excluding tert-OH is 2. The highest BCUT2D eigenvalue weighted by molar-refractivity contribution is 6.03. The van der Waals surface area contributed by atoms with Gasteiger partial charge in [0, 0.05) is 34.2 Å². The van der Waals surface area contributed by atoms with E-state index < -0.39 is 47.7 Å². The summed E-state index contributed by atoms with van der Waals surface area (Å²) in [6.45, 7) is 0. The third-order valence-corrected chi connectivity index (χ3v) is 9.52. The topological polar surface area (TPSA) is 131 Å². The third-order valence-electron chi connectivity index (χ3n) is 9.52. The largest absolute Gasteiger partial charge is 0.492 e. The van der Waals surface area contributed by atoms with E-state index in [2.05, 4.69) is 0 Å². The van der Waals surface area contributed by atoms with E-state index in [4.69, 9.17) is 37.9 Å². The van der Waals surface area contributed by atoms with Crippen molar-refractivity contribution in [3.63, 3.8) is 0 Å². The molecular formula is C35H36O11. The second-order valence-electron chi connectivity index (χ2n) is 11.6.